The van der Waals surface area contributed by atoms with Gasteiger partial charge in [0.2, 0.25) is 0 Å². The van der Waals surface area contributed by atoms with Gasteiger partial charge in [-0.15, -0.1) is 13.2 Å². The van der Waals surface area contributed by atoms with Gasteiger partial charge in [0.05, 0.1) is 12.8 Å². The zero-order valence-corrected chi connectivity index (χ0v) is 8.47. The number of esters is 1. The van der Waals surface area contributed by atoms with Gasteiger partial charge in [-0.05, 0) is 12.1 Å². The van der Waals surface area contributed by atoms with E-state index in [9.17, 15) is 22.4 Å². The normalized spacial score (nSPS) is 11.1. The summed E-state index contributed by atoms with van der Waals surface area (Å²) in [4.78, 5) is 11.1. The van der Waals surface area contributed by atoms with E-state index in [2.05, 4.69) is 9.47 Å². The molecule has 4 nitrogen and oxygen atoms in total. The largest absolute Gasteiger partial charge is 0.573 e. The summed E-state index contributed by atoms with van der Waals surface area (Å²) in [5, 5.41) is 0. The predicted molar refractivity (Wildman–Crippen MR) is 48.8 cm³/mol. The number of nitrogen functional groups attached to an aromatic ring is 1. The van der Waals surface area contributed by atoms with Crippen LogP contribution in [-0.2, 0) is 4.74 Å². The van der Waals surface area contributed by atoms with Crippen LogP contribution in [0.5, 0.6) is 5.75 Å². The molecular formula is C9H7F4NO3. The van der Waals surface area contributed by atoms with E-state index in [4.69, 9.17) is 5.73 Å². The number of ether oxygens (including phenoxy) is 2. The maximum absolute atomic E-state index is 13.2. The zero-order valence-electron chi connectivity index (χ0n) is 8.47. The number of rotatable bonds is 2. The van der Waals surface area contributed by atoms with Gasteiger partial charge >= 0.3 is 12.3 Å². The van der Waals surface area contributed by atoms with Crippen LogP contribution in [0.25, 0.3) is 0 Å². The number of alkyl halides is 3. The molecule has 0 saturated carbocycles. The minimum Gasteiger partial charge on any atom is -0.465 e. The lowest BCUT2D eigenvalue weighted by atomic mass is 10.1. The zero-order chi connectivity index (χ0) is 13.2. The minimum absolute atomic E-state index is 0.629. The summed E-state index contributed by atoms with van der Waals surface area (Å²) in [6.45, 7) is 0. The Morgan fingerprint density at radius 1 is 1.35 bits per heavy atom. The van der Waals surface area contributed by atoms with Crippen molar-refractivity contribution in [1.82, 2.24) is 0 Å². The number of carbonyl (C=O) groups is 1. The number of nitrogens with two attached hydrogens (primary N) is 1. The van der Waals surface area contributed by atoms with Crippen molar-refractivity contribution in [2.45, 2.75) is 6.36 Å². The molecule has 0 radical (unpaired) electrons. The van der Waals surface area contributed by atoms with Crippen LogP contribution >= 0.6 is 0 Å². The molecule has 1 rings (SSSR count). The standard InChI is InChI=1S/C9H7F4NO3/c1-16-8(15)6-4(10)2-3-5(7(6)14)17-9(11,12)13/h2-3H,14H2,1H3. The summed E-state index contributed by atoms with van der Waals surface area (Å²) in [5.41, 5.74) is 3.64. The molecule has 0 aliphatic carbocycles. The number of methoxy groups -OCH3 is 1. The summed E-state index contributed by atoms with van der Waals surface area (Å²) in [7, 11) is 0.943. The number of halogens is 4. The van der Waals surface area contributed by atoms with Crippen molar-refractivity contribution in [3.63, 3.8) is 0 Å². The highest BCUT2D eigenvalue weighted by atomic mass is 19.4. The molecule has 0 aromatic heterocycles. The number of benzene rings is 1. The van der Waals surface area contributed by atoms with Crippen LogP contribution in [0.4, 0.5) is 23.2 Å². The molecule has 2 N–H and O–H groups in total. The lowest BCUT2D eigenvalue weighted by molar-refractivity contribution is -0.274. The van der Waals surface area contributed by atoms with Crippen LogP contribution < -0.4 is 10.5 Å². The highest BCUT2D eigenvalue weighted by molar-refractivity contribution is 5.96. The molecule has 1 aromatic rings. The van der Waals surface area contributed by atoms with Crippen molar-refractivity contribution >= 4 is 11.7 Å². The van der Waals surface area contributed by atoms with Gasteiger partial charge < -0.3 is 15.2 Å². The number of hydrogen-bond donors (Lipinski definition) is 1. The van der Waals surface area contributed by atoms with Crippen LogP contribution in [0.15, 0.2) is 12.1 Å². The molecule has 0 heterocycles. The fourth-order valence-electron chi connectivity index (χ4n) is 1.10. The lowest BCUT2D eigenvalue weighted by Crippen LogP contribution is -2.19. The van der Waals surface area contributed by atoms with Crippen molar-refractivity contribution in [3.8, 4) is 5.75 Å². The summed E-state index contributed by atoms with van der Waals surface area (Å²) < 4.78 is 56.7. The first-order valence-corrected chi connectivity index (χ1v) is 4.18. The van der Waals surface area contributed by atoms with E-state index in [0.29, 0.717) is 12.1 Å². The molecular weight excluding hydrogens is 246 g/mol. The molecule has 0 saturated heterocycles. The SMILES string of the molecule is COC(=O)c1c(F)ccc(OC(F)(F)F)c1N. The minimum atomic E-state index is -4.99. The Balaban J connectivity index is 3.24. The Morgan fingerprint density at radius 2 is 1.94 bits per heavy atom. The van der Waals surface area contributed by atoms with Gasteiger partial charge in [0.25, 0.3) is 0 Å². The van der Waals surface area contributed by atoms with Crippen LogP contribution in [-0.4, -0.2) is 19.4 Å². The first-order chi connectivity index (χ1) is 7.76. The summed E-state index contributed by atoms with van der Waals surface area (Å²) >= 11 is 0. The number of hydrogen-bond acceptors (Lipinski definition) is 4. The van der Waals surface area contributed by atoms with Crippen molar-refractivity contribution in [2.75, 3.05) is 12.8 Å². The molecule has 94 valence electrons. The first kappa shape index (κ1) is 13.1. The topological polar surface area (TPSA) is 61.5 Å². The molecule has 1 aromatic carbocycles. The second kappa shape index (κ2) is 4.48. The lowest BCUT2D eigenvalue weighted by Gasteiger charge is -2.13. The fraction of sp³-hybridized carbons (Fsp3) is 0.222. The quantitative estimate of drug-likeness (QED) is 0.498. The van der Waals surface area contributed by atoms with Gasteiger partial charge in [-0.25, -0.2) is 9.18 Å². The Labute approximate surface area is 92.9 Å². The van der Waals surface area contributed by atoms with Gasteiger partial charge in [0.1, 0.15) is 11.4 Å². The second-order valence-corrected chi connectivity index (χ2v) is 2.87. The van der Waals surface area contributed by atoms with Gasteiger partial charge in [-0.2, -0.15) is 0 Å². The molecule has 0 amide bonds. The number of carbonyl (C=O) groups excluding carboxylic acids is 1. The maximum atomic E-state index is 13.2. The third-order valence-corrected chi connectivity index (χ3v) is 1.77. The Morgan fingerprint density at radius 3 is 2.41 bits per heavy atom. The monoisotopic (exact) mass is 253 g/mol. The second-order valence-electron chi connectivity index (χ2n) is 2.87. The van der Waals surface area contributed by atoms with E-state index in [1.165, 1.54) is 0 Å². The van der Waals surface area contributed by atoms with Crippen LogP contribution in [0.3, 0.4) is 0 Å². The van der Waals surface area contributed by atoms with Gasteiger partial charge in [0, 0.05) is 0 Å². The fourth-order valence-corrected chi connectivity index (χ4v) is 1.10. The van der Waals surface area contributed by atoms with E-state index < -0.39 is 35.1 Å². The Kier molecular flexibility index (Phi) is 3.45. The van der Waals surface area contributed by atoms with E-state index in [1.54, 1.807) is 0 Å². The van der Waals surface area contributed by atoms with Crippen LogP contribution in [0.1, 0.15) is 10.4 Å². The summed E-state index contributed by atoms with van der Waals surface area (Å²) in [5.74, 6) is -3.14. The smallest absolute Gasteiger partial charge is 0.465 e. The van der Waals surface area contributed by atoms with Gasteiger partial charge in [0.15, 0.2) is 5.75 Å². The molecule has 8 heteroatoms. The Hall–Kier alpha value is -1.99. The molecule has 0 unspecified atom stereocenters. The number of anilines is 1. The van der Waals surface area contributed by atoms with Gasteiger partial charge in [-0.1, -0.05) is 0 Å². The van der Waals surface area contributed by atoms with Crippen molar-refractivity contribution in [3.05, 3.63) is 23.5 Å². The van der Waals surface area contributed by atoms with E-state index in [1.807, 2.05) is 0 Å². The van der Waals surface area contributed by atoms with Crippen molar-refractivity contribution in [2.24, 2.45) is 0 Å². The van der Waals surface area contributed by atoms with E-state index in [0.717, 1.165) is 7.11 Å². The average Bonchev–Trinajstić information content (AvgIpc) is 2.20. The highest BCUT2D eigenvalue weighted by Crippen LogP contribution is 2.32. The van der Waals surface area contributed by atoms with E-state index in [-0.39, 0.29) is 0 Å². The molecule has 0 aliphatic heterocycles. The van der Waals surface area contributed by atoms with Crippen LogP contribution in [0.2, 0.25) is 0 Å². The third-order valence-electron chi connectivity index (χ3n) is 1.77. The predicted octanol–water partition coefficient (Wildman–Crippen LogP) is 2.09. The molecule has 17 heavy (non-hydrogen) atoms. The van der Waals surface area contributed by atoms with Gasteiger partial charge in [-0.3, -0.25) is 0 Å². The molecule has 0 atom stereocenters. The van der Waals surface area contributed by atoms with E-state index >= 15 is 0 Å². The molecule has 0 aliphatic rings. The molecule has 0 spiro atoms. The summed E-state index contributed by atoms with van der Waals surface area (Å²) in [6, 6.07) is 1.30. The maximum Gasteiger partial charge on any atom is 0.573 e. The third kappa shape index (κ3) is 2.99. The summed E-state index contributed by atoms with van der Waals surface area (Å²) in [6.07, 6.45) is -4.99. The van der Waals surface area contributed by atoms with Crippen molar-refractivity contribution in [1.29, 1.82) is 0 Å². The first-order valence-electron chi connectivity index (χ1n) is 4.18. The highest BCUT2D eigenvalue weighted by Gasteiger charge is 2.33. The van der Waals surface area contributed by atoms with Crippen molar-refractivity contribution < 1.29 is 31.8 Å². The molecule has 0 fully saturated rings. The van der Waals surface area contributed by atoms with Crippen LogP contribution in [0, 0.1) is 5.82 Å². The average molecular weight is 253 g/mol. The molecule has 0 bridgehead atoms. The Bertz CT molecular complexity index is 445.